The molecule has 1 fully saturated rings. The third-order valence-corrected chi connectivity index (χ3v) is 2.83. The SMILES string of the molecule is CC[C@@H](C(=O)O)N1CC[C@@H](COC)C1. The molecular weight excluding hydrogens is 182 g/mol. The van der Waals surface area contributed by atoms with Gasteiger partial charge < -0.3 is 9.84 Å². The number of carbonyl (C=O) groups is 1. The van der Waals surface area contributed by atoms with Gasteiger partial charge in [0, 0.05) is 13.7 Å². The molecule has 14 heavy (non-hydrogen) atoms. The van der Waals surface area contributed by atoms with Crippen molar-refractivity contribution in [2.45, 2.75) is 25.8 Å². The molecule has 1 saturated heterocycles. The van der Waals surface area contributed by atoms with Gasteiger partial charge in [0.25, 0.3) is 0 Å². The number of aliphatic carboxylic acids is 1. The lowest BCUT2D eigenvalue weighted by Gasteiger charge is -2.22. The lowest BCUT2D eigenvalue weighted by atomic mass is 10.1. The fourth-order valence-electron chi connectivity index (χ4n) is 2.11. The lowest BCUT2D eigenvalue weighted by molar-refractivity contribution is -0.143. The summed E-state index contributed by atoms with van der Waals surface area (Å²) in [5, 5.41) is 8.98. The first-order valence-corrected chi connectivity index (χ1v) is 5.14. The summed E-state index contributed by atoms with van der Waals surface area (Å²) in [6.07, 6.45) is 1.73. The topological polar surface area (TPSA) is 49.8 Å². The van der Waals surface area contributed by atoms with E-state index in [1.54, 1.807) is 7.11 Å². The number of carboxylic acid groups (broad SMARTS) is 1. The first-order valence-electron chi connectivity index (χ1n) is 5.14. The zero-order chi connectivity index (χ0) is 10.6. The minimum absolute atomic E-state index is 0.308. The van der Waals surface area contributed by atoms with E-state index in [1.165, 1.54) is 0 Å². The zero-order valence-corrected chi connectivity index (χ0v) is 8.90. The molecule has 0 aliphatic carbocycles. The van der Waals surface area contributed by atoms with Gasteiger partial charge in [0.05, 0.1) is 6.61 Å². The molecule has 0 spiro atoms. The van der Waals surface area contributed by atoms with Crippen LogP contribution in [0.1, 0.15) is 19.8 Å². The van der Waals surface area contributed by atoms with E-state index in [-0.39, 0.29) is 6.04 Å². The van der Waals surface area contributed by atoms with Crippen LogP contribution in [0.3, 0.4) is 0 Å². The maximum absolute atomic E-state index is 10.9. The molecule has 1 heterocycles. The second kappa shape index (κ2) is 5.32. The van der Waals surface area contributed by atoms with Gasteiger partial charge in [0.15, 0.2) is 0 Å². The summed E-state index contributed by atoms with van der Waals surface area (Å²) in [6.45, 7) is 4.41. The van der Waals surface area contributed by atoms with Gasteiger partial charge in [-0.3, -0.25) is 9.69 Å². The second-order valence-electron chi connectivity index (χ2n) is 3.87. The summed E-state index contributed by atoms with van der Waals surface area (Å²) in [7, 11) is 1.69. The lowest BCUT2D eigenvalue weighted by Crippen LogP contribution is -2.39. The fourth-order valence-corrected chi connectivity index (χ4v) is 2.11. The Balaban J connectivity index is 2.43. The molecule has 1 rings (SSSR count). The Morgan fingerprint density at radius 2 is 2.43 bits per heavy atom. The summed E-state index contributed by atoms with van der Waals surface area (Å²) in [5.41, 5.74) is 0. The third-order valence-electron chi connectivity index (χ3n) is 2.83. The Morgan fingerprint density at radius 3 is 2.93 bits per heavy atom. The monoisotopic (exact) mass is 201 g/mol. The maximum atomic E-state index is 10.9. The van der Waals surface area contributed by atoms with E-state index < -0.39 is 5.97 Å². The molecule has 4 heteroatoms. The summed E-state index contributed by atoms with van der Waals surface area (Å²) in [6, 6.07) is -0.308. The van der Waals surface area contributed by atoms with Crippen molar-refractivity contribution in [1.29, 1.82) is 0 Å². The summed E-state index contributed by atoms with van der Waals surface area (Å²) < 4.78 is 5.07. The van der Waals surface area contributed by atoms with Crippen molar-refractivity contribution in [3.8, 4) is 0 Å². The van der Waals surface area contributed by atoms with Gasteiger partial charge in [-0.25, -0.2) is 0 Å². The van der Waals surface area contributed by atoms with E-state index in [4.69, 9.17) is 9.84 Å². The average Bonchev–Trinajstić information content (AvgIpc) is 2.54. The Hall–Kier alpha value is -0.610. The molecule has 0 bridgehead atoms. The van der Waals surface area contributed by atoms with Crippen LogP contribution >= 0.6 is 0 Å². The van der Waals surface area contributed by atoms with Gasteiger partial charge in [-0.15, -0.1) is 0 Å². The van der Waals surface area contributed by atoms with Gasteiger partial charge in [-0.1, -0.05) is 6.92 Å². The standard InChI is InChI=1S/C10H19NO3/c1-3-9(10(12)13)11-5-4-8(6-11)7-14-2/h8-9H,3-7H2,1-2H3,(H,12,13)/t8-,9+/m1/s1. The molecular formula is C10H19NO3. The average molecular weight is 201 g/mol. The van der Waals surface area contributed by atoms with Crippen LogP contribution < -0.4 is 0 Å². The summed E-state index contributed by atoms with van der Waals surface area (Å²) in [4.78, 5) is 13.0. The van der Waals surface area contributed by atoms with E-state index in [9.17, 15) is 4.79 Å². The van der Waals surface area contributed by atoms with Gasteiger partial charge >= 0.3 is 5.97 Å². The molecule has 82 valence electrons. The highest BCUT2D eigenvalue weighted by atomic mass is 16.5. The van der Waals surface area contributed by atoms with Gasteiger partial charge in [0.1, 0.15) is 6.04 Å². The molecule has 1 aliphatic rings. The van der Waals surface area contributed by atoms with Gasteiger partial charge in [0.2, 0.25) is 0 Å². The highest BCUT2D eigenvalue weighted by molar-refractivity contribution is 5.73. The number of hydrogen-bond acceptors (Lipinski definition) is 3. The van der Waals surface area contributed by atoms with E-state index >= 15 is 0 Å². The predicted octanol–water partition coefficient (Wildman–Crippen LogP) is 0.818. The molecule has 4 nitrogen and oxygen atoms in total. The number of methoxy groups -OCH3 is 1. The van der Waals surface area contributed by atoms with Crippen LogP contribution in [0.15, 0.2) is 0 Å². The van der Waals surface area contributed by atoms with Crippen molar-refractivity contribution < 1.29 is 14.6 Å². The van der Waals surface area contributed by atoms with Crippen molar-refractivity contribution in [3.63, 3.8) is 0 Å². The number of rotatable bonds is 5. The van der Waals surface area contributed by atoms with Crippen molar-refractivity contribution in [1.82, 2.24) is 4.90 Å². The van der Waals surface area contributed by atoms with Crippen molar-refractivity contribution in [2.75, 3.05) is 26.8 Å². The van der Waals surface area contributed by atoms with Crippen LogP contribution in [0.4, 0.5) is 0 Å². The molecule has 1 aliphatic heterocycles. The largest absolute Gasteiger partial charge is 0.480 e. The number of hydrogen-bond donors (Lipinski definition) is 1. The Kier molecular flexibility index (Phi) is 4.35. The normalized spacial score (nSPS) is 25.1. The molecule has 0 unspecified atom stereocenters. The number of nitrogens with zero attached hydrogens (tertiary/aromatic N) is 1. The minimum atomic E-state index is -0.703. The van der Waals surface area contributed by atoms with Crippen LogP contribution in [0.5, 0.6) is 0 Å². The highest BCUT2D eigenvalue weighted by Gasteiger charge is 2.30. The molecule has 0 radical (unpaired) electrons. The van der Waals surface area contributed by atoms with Crippen LogP contribution in [0.25, 0.3) is 0 Å². The predicted molar refractivity (Wildman–Crippen MR) is 53.3 cm³/mol. The van der Waals surface area contributed by atoms with Gasteiger partial charge in [-0.2, -0.15) is 0 Å². The molecule has 0 aromatic carbocycles. The first-order chi connectivity index (χ1) is 6.69. The maximum Gasteiger partial charge on any atom is 0.320 e. The first kappa shape index (κ1) is 11.5. The van der Waals surface area contributed by atoms with Crippen LogP contribution in [-0.4, -0.2) is 48.8 Å². The van der Waals surface area contributed by atoms with Crippen molar-refractivity contribution >= 4 is 5.97 Å². The molecule has 0 aromatic rings. The van der Waals surface area contributed by atoms with Crippen molar-refractivity contribution in [3.05, 3.63) is 0 Å². The number of carboxylic acids is 1. The molecule has 1 N–H and O–H groups in total. The number of ether oxygens (including phenoxy) is 1. The van der Waals surface area contributed by atoms with Crippen LogP contribution in [0.2, 0.25) is 0 Å². The molecule has 0 amide bonds. The van der Waals surface area contributed by atoms with Crippen LogP contribution in [0, 0.1) is 5.92 Å². The molecule has 0 saturated carbocycles. The Morgan fingerprint density at radius 1 is 1.71 bits per heavy atom. The second-order valence-corrected chi connectivity index (χ2v) is 3.87. The van der Waals surface area contributed by atoms with E-state index in [1.807, 2.05) is 11.8 Å². The third kappa shape index (κ3) is 2.69. The van der Waals surface area contributed by atoms with E-state index in [0.29, 0.717) is 12.3 Å². The van der Waals surface area contributed by atoms with Crippen LogP contribution in [-0.2, 0) is 9.53 Å². The van der Waals surface area contributed by atoms with E-state index in [0.717, 1.165) is 26.1 Å². The van der Waals surface area contributed by atoms with Gasteiger partial charge in [-0.05, 0) is 25.3 Å². The van der Waals surface area contributed by atoms with Crippen molar-refractivity contribution in [2.24, 2.45) is 5.92 Å². The zero-order valence-electron chi connectivity index (χ0n) is 8.90. The Labute approximate surface area is 84.8 Å². The summed E-state index contributed by atoms with van der Waals surface area (Å²) in [5.74, 6) is -0.195. The fraction of sp³-hybridized carbons (Fsp3) is 0.900. The quantitative estimate of drug-likeness (QED) is 0.715. The molecule has 0 aromatic heterocycles. The smallest absolute Gasteiger partial charge is 0.320 e. The highest BCUT2D eigenvalue weighted by Crippen LogP contribution is 2.20. The Bertz CT molecular complexity index is 196. The number of likely N-dealkylation sites (tertiary alicyclic amines) is 1. The minimum Gasteiger partial charge on any atom is -0.480 e. The van der Waals surface area contributed by atoms with E-state index in [2.05, 4.69) is 0 Å². The molecule has 2 atom stereocenters. The summed E-state index contributed by atoms with van der Waals surface area (Å²) >= 11 is 0.